The summed E-state index contributed by atoms with van der Waals surface area (Å²) in [7, 11) is 0. The minimum absolute atomic E-state index is 0. The fraction of sp³-hybridized carbons (Fsp3) is 0.438. The Kier molecular flexibility index (Phi) is 7.46. The Balaban J connectivity index is 0.00000162. The van der Waals surface area contributed by atoms with Crippen LogP contribution in [-0.4, -0.2) is 4.21 Å². The van der Waals surface area contributed by atoms with E-state index in [0.717, 1.165) is 0 Å². The SMILES string of the molecule is [CH2]=[Zr+2]([C]1=CC(C)=CC1)[C]1=C(C)C(C)=C(C)C1C.[Cl-].[Cl-]. The van der Waals surface area contributed by atoms with E-state index in [1.807, 2.05) is 0 Å². The quantitative estimate of drug-likeness (QED) is 0.553. The second-order valence-corrected chi connectivity index (χ2v) is 10.6. The molecule has 0 amide bonds. The molecule has 0 aromatic heterocycles. The van der Waals surface area contributed by atoms with Gasteiger partial charge in [0.1, 0.15) is 0 Å². The Morgan fingerprint density at radius 2 is 1.68 bits per heavy atom. The van der Waals surface area contributed by atoms with Crippen LogP contribution < -0.4 is 24.8 Å². The van der Waals surface area contributed by atoms with Crippen molar-refractivity contribution in [3.8, 4) is 0 Å². The molecule has 0 nitrogen and oxygen atoms in total. The molecule has 2 rings (SSSR count). The van der Waals surface area contributed by atoms with Crippen molar-refractivity contribution in [1.29, 1.82) is 0 Å². The fourth-order valence-corrected chi connectivity index (χ4v) is 8.98. The molecule has 2 aliphatic rings. The third-order valence-electron chi connectivity index (χ3n) is 4.40. The fourth-order valence-electron chi connectivity index (χ4n) is 2.90. The zero-order valence-electron chi connectivity index (χ0n) is 12.4. The summed E-state index contributed by atoms with van der Waals surface area (Å²) >= 11 is -1.76. The molecule has 0 heterocycles. The molecular formula is C16H22Cl2Zr. The van der Waals surface area contributed by atoms with Crippen LogP contribution in [0.1, 0.15) is 41.0 Å². The molecule has 3 heteroatoms. The maximum Gasteiger partial charge on any atom is -1.00 e. The van der Waals surface area contributed by atoms with E-state index < -0.39 is 21.3 Å². The van der Waals surface area contributed by atoms with E-state index in [2.05, 4.69) is 51.0 Å². The Morgan fingerprint density at radius 1 is 1.11 bits per heavy atom. The van der Waals surface area contributed by atoms with Crippen LogP contribution >= 0.6 is 0 Å². The molecule has 2 aliphatic carbocycles. The van der Waals surface area contributed by atoms with Gasteiger partial charge in [-0.3, -0.25) is 0 Å². The topological polar surface area (TPSA) is 0 Å². The minimum Gasteiger partial charge on any atom is -1.00 e. The van der Waals surface area contributed by atoms with E-state index in [1.165, 1.54) is 17.6 Å². The van der Waals surface area contributed by atoms with Crippen molar-refractivity contribution in [2.45, 2.75) is 41.0 Å². The van der Waals surface area contributed by atoms with Crippen molar-refractivity contribution >= 4 is 4.21 Å². The van der Waals surface area contributed by atoms with E-state index in [-0.39, 0.29) is 24.8 Å². The molecule has 1 unspecified atom stereocenters. The first-order chi connectivity index (χ1) is 7.93. The van der Waals surface area contributed by atoms with Crippen molar-refractivity contribution in [2.24, 2.45) is 5.92 Å². The average molecular weight is 376 g/mol. The van der Waals surface area contributed by atoms with Crippen molar-refractivity contribution in [2.75, 3.05) is 0 Å². The van der Waals surface area contributed by atoms with Gasteiger partial charge in [-0.05, 0) is 0 Å². The third-order valence-corrected chi connectivity index (χ3v) is 10.7. The Labute approximate surface area is 137 Å². The number of allylic oxidation sites excluding steroid dienone is 8. The summed E-state index contributed by atoms with van der Waals surface area (Å²) in [5.41, 5.74) is 6.09. The van der Waals surface area contributed by atoms with Gasteiger partial charge in [0.05, 0.1) is 0 Å². The first kappa shape index (κ1) is 19.3. The van der Waals surface area contributed by atoms with Gasteiger partial charge in [-0.1, -0.05) is 0 Å². The van der Waals surface area contributed by atoms with Gasteiger partial charge < -0.3 is 24.8 Å². The molecular weight excluding hydrogens is 354 g/mol. The van der Waals surface area contributed by atoms with Crippen LogP contribution in [0, 0.1) is 5.92 Å². The van der Waals surface area contributed by atoms with E-state index in [4.69, 9.17) is 0 Å². The Bertz CT molecular complexity index is 519. The zero-order valence-corrected chi connectivity index (χ0v) is 16.4. The minimum atomic E-state index is -1.76. The summed E-state index contributed by atoms with van der Waals surface area (Å²) in [6.45, 7) is 11.4. The summed E-state index contributed by atoms with van der Waals surface area (Å²) in [4.78, 5) is 0. The van der Waals surface area contributed by atoms with Crippen molar-refractivity contribution in [3.63, 3.8) is 0 Å². The molecule has 0 fully saturated rings. The summed E-state index contributed by atoms with van der Waals surface area (Å²) in [6, 6.07) is 0. The van der Waals surface area contributed by atoms with Gasteiger partial charge in [0.2, 0.25) is 0 Å². The van der Waals surface area contributed by atoms with Crippen molar-refractivity contribution in [1.82, 2.24) is 0 Å². The van der Waals surface area contributed by atoms with Gasteiger partial charge in [-0.2, -0.15) is 0 Å². The van der Waals surface area contributed by atoms with E-state index in [9.17, 15) is 0 Å². The molecule has 0 aromatic carbocycles. The van der Waals surface area contributed by atoms with Crippen LogP contribution in [0.25, 0.3) is 0 Å². The van der Waals surface area contributed by atoms with E-state index in [1.54, 1.807) is 17.7 Å². The zero-order chi connectivity index (χ0) is 12.7. The molecule has 0 aliphatic heterocycles. The van der Waals surface area contributed by atoms with Crippen LogP contribution in [0.4, 0.5) is 0 Å². The smallest absolute Gasteiger partial charge is 1.00 e. The first-order valence-corrected chi connectivity index (χ1v) is 10.6. The van der Waals surface area contributed by atoms with Crippen LogP contribution in [0.5, 0.6) is 0 Å². The predicted octanol–water partition coefficient (Wildman–Crippen LogP) is -1.46. The van der Waals surface area contributed by atoms with Gasteiger partial charge >= 0.3 is 113 Å². The standard InChI is InChI=1S/C9H13.C6H7.CH2.2ClH.Zr/c1-6-5-7(2)9(4)8(6)3;1-6-4-2-3-5-6;;;;/h6H,1-4H3;4-5H,2H2,1H3;1H2;2*1H;/q;;;;;+2/p-2. The maximum absolute atomic E-state index is 4.62. The third kappa shape index (κ3) is 3.49. The van der Waals surface area contributed by atoms with Crippen molar-refractivity contribution < 1.29 is 46.1 Å². The van der Waals surface area contributed by atoms with Crippen LogP contribution in [0.2, 0.25) is 0 Å². The summed E-state index contributed by atoms with van der Waals surface area (Å²) in [5.74, 6) is 0.656. The van der Waals surface area contributed by atoms with E-state index in [0.29, 0.717) is 5.92 Å². The molecule has 0 saturated carbocycles. The van der Waals surface area contributed by atoms with E-state index >= 15 is 0 Å². The first-order valence-electron chi connectivity index (χ1n) is 6.39. The van der Waals surface area contributed by atoms with Crippen molar-refractivity contribution in [3.05, 3.63) is 41.0 Å². The van der Waals surface area contributed by atoms with Gasteiger partial charge in [-0.25, -0.2) is 0 Å². The second-order valence-electron chi connectivity index (χ2n) is 5.37. The molecule has 0 N–H and O–H groups in total. The van der Waals surface area contributed by atoms with Gasteiger partial charge in [0.15, 0.2) is 0 Å². The van der Waals surface area contributed by atoms with Crippen LogP contribution in [0.15, 0.2) is 41.0 Å². The number of hydrogen-bond acceptors (Lipinski definition) is 0. The molecule has 1 atom stereocenters. The van der Waals surface area contributed by atoms with Gasteiger partial charge in [0.25, 0.3) is 0 Å². The Morgan fingerprint density at radius 3 is 2.05 bits per heavy atom. The van der Waals surface area contributed by atoms with Gasteiger partial charge in [-0.15, -0.1) is 0 Å². The van der Waals surface area contributed by atoms with Gasteiger partial charge in [0, 0.05) is 0 Å². The molecule has 0 aromatic rings. The second kappa shape index (κ2) is 7.34. The summed E-state index contributed by atoms with van der Waals surface area (Å²) in [6.07, 6.45) is 5.92. The molecule has 104 valence electrons. The predicted molar refractivity (Wildman–Crippen MR) is 73.8 cm³/mol. The number of rotatable bonds is 2. The number of hydrogen-bond donors (Lipinski definition) is 0. The van der Waals surface area contributed by atoms with Crippen LogP contribution in [-0.2, 0) is 21.3 Å². The number of halogens is 2. The normalized spacial score (nSPS) is 21.4. The molecule has 0 radical (unpaired) electrons. The largest absolute Gasteiger partial charge is 1.00 e. The maximum atomic E-state index is 4.62. The molecule has 19 heavy (non-hydrogen) atoms. The molecule has 0 spiro atoms. The molecule has 0 saturated heterocycles. The monoisotopic (exact) mass is 374 g/mol. The molecule has 0 bridgehead atoms. The van der Waals surface area contributed by atoms with Crippen LogP contribution in [0.3, 0.4) is 0 Å². The average Bonchev–Trinajstić information content (AvgIpc) is 2.79. The summed E-state index contributed by atoms with van der Waals surface area (Å²) in [5, 5.41) is 0. The summed E-state index contributed by atoms with van der Waals surface area (Å²) < 4.78 is 8.02. The Hall–Kier alpha value is 0.293.